The number of aromatic nitrogens is 1. The number of para-hydroxylation sites is 1. The minimum Gasteiger partial charge on any atom is -0.468 e. The summed E-state index contributed by atoms with van der Waals surface area (Å²) in [6.07, 6.45) is 0. The van der Waals surface area contributed by atoms with E-state index >= 15 is 0 Å². The van der Waals surface area contributed by atoms with Gasteiger partial charge in [0.05, 0.1) is 7.11 Å². The van der Waals surface area contributed by atoms with Crippen molar-refractivity contribution in [2.45, 2.75) is 12.8 Å². The molecule has 0 saturated heterocycles. The lowest BCUT2D eigenvalue weighted by Gasteiger charge is -2.18. The molecule has 0 aliphatic carbocycles. The molecule has 2 aromatic carbocycles. The third kappa shape index (κ3) is 2.19. The van der Waals surface area contributed by atoms with Crippen LogP contribution in [0.2, 0.25) is 0 Å². The topological polar surface area (TPSA) is 31.2 Å². The molecule has 22 heavy (non-hydrogen) atoms. The van der Waals surface area contributed by atoms with Crippen LogP contribution in [-0.2, 0) is 16.6 Å². The number of fused-ring (bicyclic) bond motifs is 1. The first-order valence-electron chi connectivity index (χ1n) is 7.31. The van der Waals surface area contributed by atoms with Gasteiger partial charge in [-0.3, -0.25) is 4.79 Å². The molecule has 1 unspecified atom stereocenters. The van der Waals surface area contributed by atoms with Gasteiger partial charge >= 0.3 is 5.97 Å². The monoisotopic (exact) mass is 293 g/mol. The Bertz CT molecular complexity index is 779. The summed E-state index contributed by atoms with van der Waals surface area (Å²) in [5.41, 5.74) is 4.18. The van der Waals surface area contributed by atoms with Gasteiger partial charge in [0.15, 0.2) is 0 Å². The number of carbonyl (C=O) groups excluding carboxylic acids is 1. The lowest BCUT2D eigenvalue weighted by atomic mass is 9.93. The standard InChI is InChI=1S/C19H19NO2/c1-13-15-11-7-8-12-16(15)20(2)18(13)17(19(21)22-3)14-9-5-4-6-10-14/h4-12,17H,1-3H3. The van der Waals surface area contributed by atoms with Crippen molar-refractivity contribution in [1.82, 2.24) is 4.57 Å². The van der Waals surface area contributed by atoms with Gasteiger partial charge in [-0.1, -0.05) is 48.5 Å². The van der Waals surface area contributed by atoms with Gasteiger partial charge < -0.3 is 9.30 Å². The zero-order chi connectivity index (χ0) is 15.7. The molecule has 0 amide bonds. The molecule has 0 radical (unpaired) electrons. The van der Waals surface area contributed by atoms with E-state index in [-0.39, 0.29) is 5.97 Å². The van der Waals surface area contributed by atoms with Crippen LogP contribution in [0.25, 0.3) is 10.9 Å². The van der Waals surface area contributed by atoms with Crippen molar-refractivity contribution in [3.05, 3.63) is 71.4 Å². The van der Waals surface area contributed by atoms with Crippen LogP contribution in [0.3, 0.4) is 0 Å². The van der Waals surface area contributed by atoms with Crippen LogP contribution < -0.4 is 0 Å². The zero-order valence-corrected chi connectivity index (χ0v) is 13.0. The van der Waals surface area contributed by atoms with E-state index in [0.29, 0.717) is 0 Å². The molecule has 1 aromatic heterocycles. The lowest BCUT2D eigenvalue weighted by molar-refractivity contribution is -0.141. The normalized spacial score (nSPS) is 12.3. The third-order valence-electron chi connectivity index (χ3n) is 4.26. The number of carbonyl (C=O) groups is 1. The van der Waals surface area contributed by atoms with E-state index in [1.54, 1.807) is 0 Å². The van der Waals surface area contributed by atoms with Crippen LogP contribution in [0.4, 0.5) is 0 Å². The summed E-state index contributed by atoms with van der Waals surface area (Å²) < 4.78 is 7.17. The number of methoxy groups -OCH3 is 1. The van der Waals surface area contributed by atoms with E-state index in [1.165, 1.54) is 12.5 Å². The Balaban J connectivity index is 2.27. The molecule has 3 rings (SSSR count). The van der Waals surface area contributed by atoms with E-state index in [0.717, 1.165) is 22.3 Å². The Labute approximate surface area is 130 Å². The largest absolute Gasteiger partial charge is 0.468 e. The number of rotatable bonds is 3. The summed E-state index contributed by atoms with van der Waals surface area (Å²) in [6, 6.07) is 18.0. The SMILES string of the molecule is COC(=O)C(c1ccccc1)c1c(C)c2ccccc2n1C. The number of hydrogen-bond donors (Lipinski definition) is 0. The average Bonchev–Trinajstić information content (AvgIpc) is 2.81. The summed E-state index contributed by atoms with van der Waals surface area (Å²) in [5, 5.41) is 1.17. The van der Waals surface area contributed by atoms with Gasteiger partial charge in [0.25, 0.3) is 0 Å². The summed E-state index contributed by atoms with van der Waals surface area (Å²) in [4.78, 5) is 12.5. The van der Waals surface area contributed by atoms with Crippen molar-refractivity contribution in [3.63, 3.8) is 0 Å². The van der Waals surface area contributed by atoms with Crippen molar-refractivity contribution in [3.8, 4) is 0 Å². The molecule has 112 valence electrons. The molecule has 0 aliphatic rings. The minimum absolute atomic E-state index is 0.236. The first-order valence-corrected chi connectivity index (χ1v) is 7.31. The van der Waals surface area contributed by atoms with E-state index in [4.69, 9.17) is 4.74 Å². The predicted octanol–water partition coefficient (Wildman–Crippen LogP) is 3.79. The number of esters is 1. The van der Waals surface area contributed by atoms with E-state index in [1.807, 2.05) is 49.5 Å². The molecule has 0 aliphatic heterocycles. The van der Waals surface area contributed by atoms with Crippen LogP contribution in [0.5, 0.6) is 0 Å². The van der Waals surface area contributed by atoms with Crippen molar-refractivity contribution in [2.24, 2.45) is 7.05 Å². The molecule has 0 N–H and O–H groups in total. The fourth-order valence-corrected chi connectivity index (χ4v) is 3.18. The van der Waals surface area contributed by atoms with E-state index in [9.17, 15) is 4.79 Å². The Kier molecular flexibility index (Phi) is 3.72. The number of benzene rings is 2. The third-order valence-corrected chi connectivity index (χ3v) is 4.26. The Morgan fingerprint density at radius 2 is 1.68 bits per heavy atom. The zero-order valence-electron chi connectivity index (χ0n) is 13.0. The minimum atomic E-state index is -0.413. The Hall–Kier alpha value is -2.55. The second-order valence-electron chi connectivity index (χ2n) is 5.45. The number of nitrogens with zero attached hydrogens (tertiary/aromatic N) is 1. The van der Waals surface area contributed by atoms with Gasteiger partial charge in [-0.25, -0.2) is 0 Å². The second kappa shape index (κ2) is 5.68. The molecule has 0 bridgehead atoms. The molecular formula is C19H19NO2. The van der Waals surface area contributed by atoms with Crippen LogP contribution in [-0.4, -0.2) is 17.6 Å². The fraction of sp³-hybridized carbons (Fsp3) is 0.211. The van der Waals surface area contributed by atoms with Crippen LogP contribution in [0.1, 0.15) is 22.7 Å². The summed E-state index contributed by atoms with van der Waals surface area (Å²) >= 11 is 0. The Morgan fingerprint density at radius 3 is 2.32 bits per heavy atom. The molecule has 3 heteroatoms. The second-order valence-corrected chi connectivity index (χ2v) is 5.45. The average molecular weight is 293 g/mol. The highest BCUT2D eigenvalue weighted by Crippen LogP contribution is 2.34. The molecule has 3 aromatic rings. The van der Waals surface area contributed by atoms with Crippen LogP contribution >= 0.6 is 0 Å². The van der Waals surface area contributed by atoms with Crippen molar-refractivity contribution in [1.29, 1.82) is 0 Å². The van der Waals surface area contributed by atoms with E-state index < -0.39 is 5.92 Å². The number of hydrogen-bond acceptors (Lipinski definition) is 2. The van der Waals surface area contributed by atoms with E-state index in [2.05, 4.69) is 23.6 Å². The lowest BCUT2D eigenvalue weighted by Crippen LogP contribution is -2.19. The maximum absolute atomic E-state index is 12.5. The first kappa shape index (κ1) is 14.4. The first-order chi connectivity index (χ1) is 10.6. The molecule has 1 heterocycles. The maximum Gasteiger partial charge on any atom is 0.319 e. The van der Waals surface area contributed by atoms with Gasteiger partial charge in [0.2, 0.25) is 0 Å². The molecular weight excluding hydrogens is 274 g/mol. The van der Waals surface area contributed by atoms with Crippen LogP contribution in [0, 0.1) is 6.92 Å². The van der Waals surface area contributed by atoms with Gasteiger partial charge in [0, 0.05) is 23.6 Å². The summed E-state index contributed by atoms with van der Waals surface area (Å²) in [7, 11) is 3.44. The van der Waals surface area contributed by atoms with Gasteiger partial charge in [-0.15, -0.1) is 0 Å². The number of ether oxygens (including phenoxy) is 1. The Morgan fingerprint density at radius 1 is 1.05 bits per heavy atom. The van der Waals surface area contributed by atoms with Crippen molar-refractivity contribution >= 4 is 16.9 Å². The summed E-state index contributed by atoms with van der Waals surface area (Å²) in [6.45, 7) is 2.07. The molecule has 0 spiro atoms. The quantitative estimate of drug-likeness (QED) is 0.688. The van der Waals surface area contributed by atoms with Crippen LogP contribution in [0.15, 0.2) is 54.6 Å². The molecule has 0 fully saturated rings. The van der Waals surface area contributed by atoms with Crippen molar-refractivity contribution in [2.75, 3.05) is 7.11 Å². The molecule has 1 atom stereocenters. The molecule has 0 saturated carbocycles. The van der Waals surface area contributed by atoms with Gasteiger partial charge in [-0.05, 0) is 24.1 Å². The fourth-order valence-electron chi connectivity index (χ4n) is 3.18. The summed E-state index contributed by atoms with van der Waals surface area (Å²) in [5.74, 6) is -0.649. The van der Waals surface area contributed by atoms with Gasteiger partial charge in [0.1, 0.15) is 5.92 Å². The highest BCUT2D eigenvalue weighted by atomic mass is 16.5. The highest BCUT2D eigenvalue weighted by molar-refractivity contribution is 5.90. The highest BCUT2D eigenvalue weighted by Gasteiger charge is 2.29. The smallest absolute Gasteiger partial charge is 0.319 e. The molecule has 3 nitrogen and oxygen atoms in total. The predicted molar refractivity (Wildman–Crippen MR) is 88.0 cm³/mol. The number of aryl methyl sites for hydroxylation is 2. The van der Waals surface area contributed by atoms with Gasteiger partial charge in [-0.2, -0.15) is 0 Å². The van der Waals surface area contributed by atoms with Crippen molar-refractivity contribution < 1.29 is 9.53 Å². The maximum atomic E-state index is 12.5.